The number of carbonyl (C=O) groups excluding carboxylic acids is 2. The van der Waals surface area contributed by atoms with Gasteiger partial charge in [-0.05, 0) is 18.4 Å². The molecule has 0 aromatic rings. The molecule has 94 valence electrons. The molecule has 0 aliphatic rings. The van der Waals surface area contributed by atoms with Crippen molar-refractivity contribution in [3.05, 3.63) is 0 Å². The van der Waals surface area contributed by atoms with Crippen molar-refractivity contribution in [2.75, 3.05) is 25.7 Å². The molecule has 0 radical (unpaired) electrons. The minimum atomic E-state index is -1.35. The van der Waals surface area contributed by atoms with Crippen LogP contribution >= 0.6 is 11.8 Å². The first-order chi connectivity index (χ1) is 7.52. The van der Waals surface area contributed by atoms with E-state index < -0.39 is 18.1 Å². The topological polar surface area (TPSA) is 102 Å². The largest absolute Gasteiger partial charge is 0.467 e. The zero-order chi connectivity index (χ0) is 12.6. The standard InChI is InChI=1S/C9H18N2O4S/c1-15-9(14)7(12)5-11-8(13)6(10)3-4-16-2/h6-7,12H,3-5,10H2,1-2H3,(H,11,13)/t6-,7?/m0/s1. The summed E-state index contributed by atoms with van der Waals surface area (Å²) >= 11 is 1.60. The van der Waals surface area contributed by atoms with E-state index in [2.05, 4.69) is 10.1 Å². The second-order valence-electron chi connectivity index (χ2n) is 3.17. The van der Waals surface area contributed by atoms with E-state index in [0.29, 0.717) is 6.42 Å². The number of rotatable bonds is 7. The Morgan fingerprint density at radius 1 is 1.56 bits per heavy atom. The highest BCUT2D eigenvalue weighted by molar-refractivity contribution is 7.98. The molecule has 0 rings (SSSR count). The Labute approximate surface area is 98.9 Å². The first-order valence-electron chi connectivity index (χ1n) is 4.81. The van der Waals surface area contributed by atoms with Crippen molar-refractivity contribution in [1.82, 2.24) is 5.32 Å². The number of hydrogen-bond donors (Lipinski definition) is 3. The Morgan fingerprint density at radius 2 is 2.19 bits per heavy atom. The summed E-state index contributed by atoms with van der Waals surface area (Å²) in [5.74, 6) is -0.372. The maximum Gasteiger partial charge on any atom is 0.336 e. The molecule has 0 aromatic heterocycles. The molecule has 0 bridgehead atoms. The zero-order valence-electron chi connectivity index (χ0n) is 9.43. The Kier molecular flexibility index (Phi) is 7.96. The summed E-state index contributed by atoms with van der Waals surface area (Å²) in [5, 5.41) is 11.6. The van der Waals surface area contributed by atoms with Gasteiger partial charge in [0.15, 0.2) is 6.10 Å². The summed E-state index contributed by atoms with van der Waals surface area (Å²) in [6.07, 6.45) is 1.13. The molecule has 7 heteroatoms. The normalized spacial score (nSPS) is 14.0. The van der Waals surface area contributed by atoms with Crippen LogP contribution < -0.4 is 11.1 Å². The monoisotopic (exact) mass is 250 g/mol. The third-order valence-electron chi connectivity index (χ3n) is 1.91. The number of hydrogen-bond acceptors (Lipinski definition) is 6. The summed E-state index contributed by atoms with van der Waals surface area (Å²) in [4.78, 5) is 22.2. The lowest BCUT2D eigenvalue weighted by molar-refractivity contribution is -0.150. The van der Waals surface area contributed by atoms with E-state index in [1.165, 1.54) is 0 Å². The number of esters is 1. The van der Waals surface area contributed by atoms with Crippen molar-refractivity contribution < 1.29 is 19.4 Å². The molecule has 0 saturated carbocycles. The fraction of sp³-hybridized carbons (Fsp3) is 0.778. The van der Waals surface area contributed by atoms with E-state index >= 15 is 0 Å². The second kappa shape index (κ2) is 8.37. The van der Waals surface area contributed by atoms with Crippen molar-refractivity contribution in [3.8, 4) is 0 Å². The van der Waals surface area contributed by atoms with Gasteiger partial charge in [-0.2, -0.15) is 11.8 Å². The van der Waals surface area contributed by atoms with Crippen LogP contribution in [0.15, 0.2) is 0 Å². The van der Waals surface area contributed by atoms with Crippen LogP contribution in [0.4, 0.5) is 0 Å². The Hall–Kier alpha value is -0.790. The summed E-state index contributed by atoms with van der Waals surface area (Å²) < 4.78 is 4.29. The number of aliphatic hydroxyl groups is 1. The molecule has 0 heterocycles. The molecule has 0 saturated heterocycles. The van der Waals surface area contributed by atoms with Crippen molar-refractivity contribution >= 4 is 23.6 Å². The number of nitrogens with two attached hydrogens (primary N) is 1. The molecular weight excluding hydrogens is 232 g/mol. The molecule has 1 unspecified atom stereocenters. The molecule has 16 heavy (non-hydrogen) atoms. The predicted octanol–water partition coefficient (Wildman–Crippen LogP) is -1.28. The van der Waals surface area contributed by atoms with Crippen LogP contribution in [0.25, 0.3) is 0 Å². The van der Waals surface area contributed by atoms with E-state index in [1.54, 1.807) is 11.8 Å². The lowest BCUT2D eigenvalue weighted by atomic mass is 10.2. The molecule has 4 N–H and O–H groups in total. The van der Waals surface area contributed by atoms with E-state index in [0.717, 1.165) is 12.9 Å². The number of nitrogens with one attached hydrogen (secondary N) is 1. The molecule has 0 aliphatic carbocycles. The van der Waals surface area contributed by atoms with Gasteiger partial charge in [0, 0.05) is 0 Å². The minimum Gasteiger partial charge on any atom is -0.467 e. The summed E-state index contributed by atoms with van der Waals surface area (Å²) in [6, 6.07) is -0.614. The number of ether oxygens (including phenoxy) is 1. The second-order valence-corrected chi connectivity index (χ2v) is 4.16. The average molecular weight is 250 g/mol. The van der Waals surface area contributed by atoms with E-state index in [1.807, 2.05) is 6.26 Å². The van der Waals surface area contributed by atoms with E-state index in [-0.39, 0.29) is 12.5 Å². The van der Waals surface area contributed by atoms with Gasteiger partial charge in [-0.15, -0.1) is 0 Å². The first-order valence-corrected chi connectivity index (χ1v) is 6.20. The third kappa shape index (κ3) is 5.94. The molecule has 0 spiro atoms. The van der Waals surface area contributed by atoms with Gasteiger partial charge in [-0.1, -0.05) is 0 Å². The van der Waals surface area contributed by atoms with Crippen molar-refractivity contribution in [2.24, 2.45) is 5.73 Å². The van der Waals surface area contributed by atoms with Gasteiger partial charge in [0.25, 0.3) is 0 Å². The van der Waals surface area contributed by atoms with Gasteiger partial charge >= 0.3 is 5.97 Å². The number of methoxy groups -OCH3 is 1. The highest BCUT2D eigenvalue weighted by Crippen LogP contribution is 1.98. The predicted molar refractivity (Wildman–Crippen MR) is 62.0 cm³/mol. The van der Waals surface area contributed by atoms with E-state index in [4.69, 9.17) is 5.73 Å². The molecule has 0 aromatic carbocycles. The van der Waals surface area contributed by atoms with Crippen molar-refractivity contribution in [2.45, 2.75) is 18.6 Å². The maximum atomic E-state index is 11.4. The van der Waals surface area contributed by atoms with E-state index in [9.17, 15) is 14.7 Å². The van der Waals surface area contributed by atoms with Crippen LogP contribution in [0.5, 0.6) is 0 Å². The molecule has 1 amide bonds. The summed E-state index contributed by atoms with van der Waals surface area (Å²) in [7, 11) is 1.16. The van der Waals surface area contributed by atoms with Crippen molar-refractivity contribution in [3.63, 3.8) is 0 Å². The lowest BCUT2D eigenvalue weighted by Crippen LogP contribution is -2.45. The highest BCUT2D eigenvalue weighted by Gasteiger charge is 2.18. The van der Waals surface area contributed by atoms with Gasteiger partial charge in [0.1, 0.15) is 0 Å². The van der Waals surface area contributed by atoms with Crippen LogP contribution in [-0.4, -0.2) is 54.8 Å². The van der Waals surface area contributed by atoms with Gasteiger partial charge in [0.05, 0.1) is 19.7 Å². The average Bonchev–Trinajstić information content (AvgIpc) is 2.31. The van der Waals surface area contributed by atoms with Crippen molar-refractivity contribution in [1.29, 1.82) is 0 Å². The number of amides is 1. The smallest absolute Gasteiger partial charge is 0.336 e. The lowest BCUT2D eigenvalue weighted by Gasteiger charge is -2.13. The number of aliphatic hydroxyl groups excluding tert-OH is 1. The first kappa shape index (κ1) is 15.2. The van der Waals surface area contributed by atoms with Gasteiger partial charge in [-0.3, -0.25) is 4.79 Å². The van der Waals surface area contributed by atoms with Crippen LogP contribution in [0.3, 0.4) is 0 Å². The summed E-state index contributed by atoms with van der Waals surface area (Å²) in [5.41, 5.74) is 5.57. The molecule has 0 fully saturated rings. The van der Waals surface area contributed by atoms with Gasteiger partial charge in [-0.25, -0.2) is 4.79 Å². The Balaban J connectivity index is 3.83. The van der Waals surface area contributed by atoms with Crippen LogP contribution in [0.2, 0.25) is 0 Å². The van der Waals surface area contributed by atoms with Gasteiger partial charge < -0.3 is 20.9 Å². The maximum absolute atomic E-state index is 11.4. The molecule has 6 nitrogen and oxygen atoms in total. The zero-order valence-corrected chi connectivity index (χ0v) is 10.3. The fourth-order valence-electron chi connectivity index (χ4n) is 0.924. The van der Waals surface area contributed by atoms with Crippen LogP contribution in [-0.2, 0) is 14.3 Å². The number of carbonyl (C=O) groups is 2. The van der Waals surface area contributed by atoms with Crippen LogP contribution in [0.1, 0.15) is 6.42 Å². The SMILES string of the molecule is COC(=O)C(O)CNC(=O)[C@@H](N)CCSC. The number of thioether (sulfide) groups is 1. The fourth-order valence-corrected chi connectivity index (χ4v) is 1.41. The highest BCUT2D eigenvalue weighted by atomic mass is 32.2. The Morgan fingerprint density at radius 3 is 2.69 bits per heavy atom. The van der Waals surface area contributed by atoms with Gasteiger partial charge in [0.2, 0.25) is 5.91 Å². The third-order valence-corrected chi connectivity index (χ3v) is 2.56. The molecular formula is C9H18N2O4S. The van der Waals surface area contributed by atoms with Crippen LogP contribution in [0, 0.1) is 0 Å². The molecule has 0 aliphatic heterocycles. The Bertz CT molecular complexity index is 238. The minimum absolute atomic E-state index is 0.182. The summed E-state index contributed by atoms with van der Waals surface area (Å²) in [6.45, 7) is -0.182. The quantitative estimate of drug-likeness (QED) is 0.486. The molecule has 2 atom stereocenters.